The minimum Gasteiger partial charge on any atom is -0.394 e. The van der Waals surface area contributed by atoms with Crippen molar-refractivity contribution >= 4 is 22.5 Å². The highest BCUT2D eigenvalue weighted by atomic mass is 32.1. The summed E-state index contributed by atoms with van der Waals surface area (Å²) >= 11 is 1.32. The standard InChI is InChI=1S/C15H18N4O2S/c1-15(9-20,11-7-8-11)17-13(21)16-14-19-18-12(22-14)10-5-3-2-4-6-10/h2-6,11,20H,7-9H2,1H3,(H2,16,17,19,21). The van der Waals surface area contributed by atoms with Crippen LogP contribution < -0.4 is 10.6 Å². The number of aliphatic hydroxyl groups excluding tert-OH is 1. The van der Waals surface area contributed by atoms with Crippen molar-refractivity contribution in [2.45, 2.75) is 25.3 Å². The lowest BCUT2D eigenvalue weighted by molar-refractivity contribution is 0.159. The maximum atomic E-state index is 12.1. The molecule has 0 spiro atoms. The van der Waals surface area contributed by atoms with Crippen molar-refractivity contribution in [2.75, 3.05) is 11.9 Å². The lowest BCUT2D eigenvalue weighted by Crippen LogP contribution is -2.52. The zero-order chi connectivity index (χ0) is 15.6. The molecule has 6 nitrogen and oxygen atoms in total. The van der Waals surface area contributed by atoms with Gasteiger partial charge in [0.1, 0.15) is 5.01 Å². The largest absolute Gasteiger partial charge is 0.394 e. The Hall–Kier alpha value is -1.99. The van der Waals surface area contributed by atoms with Crippen molar-refractivity contribution in [1.29, 1.82) is 0 Å². The van der Waals surface area contributed by atoms with Gasteiger partial charge in [-0.15, -0.1) is 10.2 Å². The molecule has 2 aromatic rings. The van der Waals surface area contributed by atoms with Gasteiger partial charge < -0.3 is 10.4 Å². The van der Waals surface area contributed by atoms with Gasteiger partial charge in [0.15, 0.2) is 0 Å². The van der Waals surface area contributed by atoms with E-state index in [1.54, 1.807) is 0 Å². The van der Waals surface area contributed by atoms with Gasteiger partial charge in [-0.2, -0.15) is 0 Å². The van der Waals surface area contributed by atoms with Gasteiger partial charge in [-0.05, 0) is 25.7 Å². The molecule has 116 valence electrons. The summed E-state index contributed by atoms with van der Waals surface area (Å²) in [6, 6.07) is 9.32. The van der Waals surface area contributed by atoms with E-state index < -0.39 is 5.54 Å². The number of amides is 2. The van der Waals surface area contributed by atoms with Crippen molar-refractivity contribution in [2.24, 2.45) is 5.92 Å². The molecular weight excluding hydrogens is 300 g/mol. The van der Waals surface area contributed by atoms with Crippen molar-refractivity contribution in [3.8, 4) is 10.6 Å². The molecule has 7 heteroatoms. The van der Waals surface area contributed by atoms with Gasteiger partial charge in [0, 0.05) is 5.56 Å². The highest BCUT2D eigenvalue weighted by Crippen LogP contribution is 2.39. The van der Waals surface area contributed by atoms with Crippen molar-refractivity contribution in [3.05, 3.63) is 30.3 Å². The van der Waals surface area contributed by atoms with E-state index in [1.807, 2.05) is 37.3 Å². The number of hydrogen-bond donors (Lipinski definition) is 3. The van der Waals surface area contributed by atoms with Gasteiger partial charge >= 0.3 is 6.03 Å². The molecule has 1 fully saturated rings. The quantitative estimate of drug-likeness (QED) is 0.790. The van der Waals surface area contributed by atoms with Crippen molar-refractivity contribution in [3.63, 3.8) is 0 Å². The molecular formula is C15H18N4O2S. The highest BCUT2D eigenvalue weighted by Gasteiger charge is 2.42. The predicted molar refractivity (Wildman–Crippen MR) is 85.7 cm³/mol. The van der Waals surface area contributed by atoms with Crippen LogP contribution in [-0.4, -0.2) is 33.5 Å². The van der Waals surface area contributed by atoms with E-state index in [0.29, 0.717) is 11.0 Å². The molecule has 1 heterocycles. The Morgan fingerprint density at radius 3 is 2.73 bits per heavy atom. The zero-order valence-electron chi connectivity index (χ0n) is 12.2. The number of hydrogen-bond acceptors (Lipinski definition) is 5. The topological polar surface area (TPSA) is 87.1 Å². The van der Waals surface area contributed by atoms with Crippen LogP contribution >= 0.6 is 11.3 Å². The fraction of sp³-hybridized carbons (Fsp3) is 0.400. The summed E-state index contributed by atoms with van der Waals surface area (Å²) < 4.78 is 0. The number of aliphatic hydroxyl groups is 1. The second-order valence-corrected chi connectivity index (χ2v) is 6.68. The van der Waals surface area contributed by atoms with Gasteiger partial charge in [-0.25, -0.2) is 4.79 Å². The van der Waals surface area contributed by atoms with Crippen LogP contribution in [0.4, 0.5) is 9.93 Å². The molecule has 1 aliphatic rings. The average Bonchev–Trinajstić information content (AvgIpc) is 3.29. The molecule has 2 amide bonds. The van der Waals surface area contributed by atoms with E-state index in [2.05, 4.69) is 20.8 Å². The lowest BCUT2D eigenvalue weighted by Gasteiger charge is -2.28. The Bertz CT molecular complexity index is 657. The second kappa shape index (κ2) is 6.02. The van der Waals surface area contributed by atoms with Crippen LogP contribution in [0.1, 0.15) is 19.8 Å². The summed E-state index contributed by atoms with van der Waals surface area (Å²) in [5.41, 5.74) is 0.392. The van der Waals surface area contributed by atoms with E-state index in [-0.39, 0.29) is 12.6 Å². The molecule has 1 saturated carbocycles. The minimum atomic E-state index is -0.572. The number of urea groups is 1. The van der Waals surface area contributed by atoms with E-state index in [0.717, 1.165) is 23.4 Å². The Morgan fingerprint density at radius 2 is 2.09 bits per heavy atom. The average molecular weight is 318 g/mol. The summed E-state index contributed by atoms with van der Waals surface area (Å²) in [5.74, 6) is 0.345. The van der Waals surface area contributed by atoms with Crippen LogP contribution in [0.3, 0.4) is 0 Å². The van der Waals surface area contributed by atoms with Crippen LogP contribution in [0, 0.1) is 5.92 Å². The lowest BCUT2D eigenvalue weighted by atomic mass is 9.97. The van der Waals surface area contributed by atoms with Crippen LogP contribution in [0.25, 0.3) is 10.6 Å². The monoisotopic (exact) mass is 318 g/mol. The van der Waals surface area contributed by atoms with Crippen molar-refractivity contribution < 1.29 is 9.90 Å². The molecule has 1 aromatic heterocycles. The number of aromatic nitrogens is 2. The van der Waals surface area contributed by atoms with Gasteiger partial charge in [0.05, 0.1) is 12.1 Å². The zero-order valence-corrected chi connectivity index (χ0v) is 13.1. The van der Waals surface area contributed by atoms with Crippen LogP contribution in [0.2, 0.25) is 0 Å². The maximum absolute atomic E-state index is 12.1. The van der Waals surface area contributed by atoms with Gasteiger partial charge in [-0.1, -0.05) is 41.7 Å². The number of benzene rings is 1. The van der Waals surface area contributed by atoms with Gasteiger partial charge in [-0.3, -0.25) is 5.32 Å². The summed E-state index contributed by atoms with van der Waals surface area (Å²) in [7, 11) is 0. The molecule has 0 aliphatic heterocycles. The van der Waals surface area contributed by atoms with E-state index in [9.17, 15) is 9.90 Å². The molecule has 0 bridgehead atoms. The minimum absolute atomic E-state index is 0.0729. The smallest absolute Gasteiger partial charge is 0.321 e. The first-order valence-corrected chi connectivity index (χ1v) is 8.01. The number of anilines is 1. The van der Waals surface area contributed by atoms with Gasteiger partial charge in [0.2, 0.25) is 5.13 Å². The van der Waals surface area contributed by atoms with Crippen LogP contribution in [0.15, 0.2) is 30.3 Å². The summed E-state index contributed by atoms with van der Waals surface area (Å²) in [5, 5.41) is 24.3. The number of rotatable bonds is 5. The Balaban J connectivity index is 1.64. The van der Waals surface area contributed by atoms with Crippen molar-refractivity contribution in [1.82, 2.24) is 15.5 Å². The molecule has 1 aliphatic carbocycles. The number of carbonyl (C=O) groups excluding carboxylic acids is 1. The normalized spacial score (nSPS) is 16.8. The molecule has 0 saturated heterocycles. The van der Waals surface area contributed by atoms with Crippen LogP contribution in [-0.2, 0) is 0 Å². The SMILES string of the molecule is CC(CO)(NC(=O)Nc1nnc(-c2ccccc2)s1)C1CC1. The third kappa shape index (κ3) is 3.26. The molecule has 1 unspecified atom stereocenters. The molecule has 0 radical (unpaired) electrons. The molecule has 1 aromatic carbocycles. The highest BCUT2D eigenvalue weighted by molar-refractivity contribution is 7.18. The summed E-state index contributed by atoms with van der Waals surface area (Å²) in [6.45, 7) is 1.79. The van der Waals surface area contributed by atoms with Gasteiger partial charge in [0.25, 0.3) is 0 Å². The van der Waals surface area contributed by atoms with E-state index in [4.69, 9.17) is 0 Å². The molecule has 22 heavy (non-hydrogen) atoms. The number of nitrogens with zero attached hydrogens (tertiary/aromatic N) is 2. The summed E-state index contributed by atoms with van der Waals surface area (Å²) in [6.07, 6.45) is 2.07. The predicted octanol–water partition coefficient (Wildman–Crippen LogP) is 2.49. The first-order chi connectivity index (χ1) is 10.6. The molecule has 3 rings (SSSR count). The Kier molecular flexibility index (Phi) is 4.08. The fourth-order valence-electron chi connectivity index (χ4n) is 2.35. The van der Waals surface area contributed by atoms with E-state index >= 15 is 0 Å². The number of nitrogens with one attached hydrogen (secondary N) is 2. The Labute approximate surface area is 132 Å². The number of carbonyl (C=O) groups is 1. The maximum Gasteiger partial charge on any atom is 0.321 e. The first kappa shape index (κ1) is 14.9. The second-order valence-electron chi connectivity index (χ2n) is 5.71. The fourth-order valence-corrected chi connectivity index (χ4v) is 3.09. The molecule has 1 atom stereocenters. The van der Waals surface area contributed by atoms with Crippen LogP contribution in [0.5, 0.6) is 0 Å². The summed E-state index contributed by atoms with van der Waals surface area (Å²) in [4.78, 5) is 12.1. The third-order valence-electron chi connectivity index (χ3n) is 3.87. The first-order valence-electron chi connectivity index (χ1n) is 7.20. The molecule has 3 N–H and O–H groups in total. The van der Waals surface area contributed by atoms with E-state index in [1.165, 1.54) is 11.3 Å². The third-order valence-corrected chi connectivity index (χ3v) is 4.76. The Morgan fingerprint density at radius 1 is 1.36 bits per heavy atom.